The lowest BCUT2D eigenvalue weighted by Crippen LogP contribution is -2.42. The summed E-state index contributed by atoms with van der Waals surface area (Å²) in [5, 5.41) is 10.8. The fourth-order valence-corrected chi connectivity index (χ4v) is 3.53. The fraction of sp³-hybridized carbons (Fsp3) is 0.769. The Kier molecular flexibility index (Phi) is 5.42. The molecule has 1 saturated carbocycles. The second-order valence-electron chi connectivity index (χ2n) is 5.34. The smallest absolute Gasteiger partial charge is 0.241 e. The monoisotopic (exact) mass is 297 g/mol. The Bertz CT molecular complexity index is 442. The molecule has 1 aromatic heterocycles. The number of nitrogens with one attached hydrogen (secondary N) is 1. The van der Waals surface area contributed by atoms with Crippen LogP contribution < -0.4 is 11.1 Å². The second kappa shape index (κ2) is 7.08. The summed E-state index contributed by atoms with van der Waals surface area (Å²) in [6.07, 6.45) is 10.1. The maximum Gasteiger partial charge on any atom is 0.241 e. The predicted octanol–water partition coefficient (Wildman–Crippen LogP) is 0.919. The van der Waals surface area contributed by atoms with Gasteiger partial charge in [-0.25, -0.2) is 4.68 Å². The molecule has 20 heavy (non-hydrogen) atoms. The van der Waals surface area contributed by atoms with E-state index in [1.807, 2.05) is 11.8 Å². The van der Waals surface area contributed by atoms with E-state index in [0.717, 1.165) is 6.54 Å². The highest BCUT2D eigenvalue weighted by Gasteiger charge is 2.31. The molecule has 0 spiro atoms. The first-order valence-corrected chi connectivity index (χ1v) is 8.31. The molecule has 0 unspecified atom stereocenters. The van der Waals surface area contributed by atoms with E-state index in [1.54, 1.807) is 6.20 Å². The minimum Gasteiger partial charge on any atom is -0.353 e. The van der Waals surface area contributed by atoms with E-state index in [4.69, 9.17) is 5.73 Å². The highest BCUT2D eigenvalue weighted by molar-refractivity contribution is 8.00. The summed E-state index contributed by atoms with van der Waals surface area (Å²) in [4.78, 5) is 12.0. The quantitative estimate of drug-likeness (QED) is 0.815. The molecular weight excluding hydrogens is 274 g/mol. The molecule has 6 nitrogen and oxygen atoms in total. The van der Waals surface area contributed by atoms with Crippen LogP contribution in [0.15, 0.2) is 6.20 Å². The van der Waals surface area contributed by atoms with Gasteiger partial charge in [0.15, 0.2) is 0 Å². The Labute approximate surface area is 123 Å². The third kappa shape index (κ3) is 3.96. The molecule has 1 aliphatic carbocycles. The van der Waals surface area contributed by atoms with E-state index in [-0.39, 0.29) is 17.2 Å². The van der Waals surface area contributed by atoms with Crippen molar-refractivity contribution in [2.45, 2.75) is 49.9 Å². The van der Waals surface area contributed by atoms with E-state index < -0.39 is 0 Å². The lowest BCUT2D eigenvalue weighted by atomic mass is 9.88. The molecule has 0 saturated heterocycles. The molecule has 0 bridgehead atoms. The predicted molar refractivity (Wildman–Crippen MR) is 80.3 cm³/mol. The first kappa shape index (κ1) is 15.3. The average Bonchev–Trinajstić information content (AvgIpc) is 2.94. The van der Waals surface area contributed by atoms with Crippen molar-refractivity contribution >= 4 is 17.7 Å². The van der Waals surface area contributed by atoms with Crippen LogP contribution in [0.1, 0.15) is 37.8 Å². The molecule has 7 heteroatoms. The average molecular weight is 297 g/mol. The first-order valence-electron chi connectivity index (χ1n) is 7.08. The normalized spacial score (nSPS) is 17.9. The summed E-state index contributed by atoms with van der Waals surface area (Å²) in [5.41, 5.74) is 6.17. The Morgan fingerprint density at radius 2 is 2.25 bits per heavy atom. The molecule has 0 radical (unpaired) electrons. The third-order valence-corrected chi connectivity index (χ3v) is 5.32. The number of amides is 1. The van der Waals surface area contributed by atoms with Crippen LogP contribution in [0.5, 0.6) is 0 Å². The van der Waals surface area contributed by atoms with Crippen molar-refractivity contribution in [2.24, 2.45) is 5.73 Å². The standard InChI is InChI=1S/C13H23N5OS/c1-20-13(5-3-2-4-6-13)10-15-12(19)9-18-8-11(7-14)16-17-18/h8H,2-7,9-10,14H2,1H3,(H,15,19). The lowest BCUT2D eigenvalue weighted by molar-refractivity contribution is -0.122. The SMILES string of the molecule is CSC1(CNC(=O)Cn2cc(CN)nn2)CCCCC1. The number of hydrogen-bond donors (Lipinski definition) is 2. The van der Waals surface area contributed by atoms with Crippen molar-refractivity contribution in [3.05, 3.63) is 11.9 Å². The van der Waals surface area contributed by atoms with Crippen LogP contribution >= 0.6 is 11.8 Å². The Balaban J connectivity index is 1.81. The minimum atomic E-state index is -0.0162. The van der Waals surface area contributed by atoms with Gasteiger partial charge in [0.2, 0.25) is 5.91 Å². The van der Waals surface area contributed by atoms with Crippen LogP contribution in [0.2, 0.25) is 0 Å². The molecule has 3 N–H and O–H groups in total. The van der Waals surface area contributed by atoms with Gasteiger partial charge in [0.05, 0.1) is 11.9 Å². The topological polar surface area (TPSA) is 85.8 Å². The third-order valence-electron chi connectivity index (χ3n) is 3.91. The summed E-state index contributed by atoms with van der Waals surface area (Å²) in [6.45, 7) is 1.29. The number of carbonyl (C=O) groups excluding carboxylic acids is 1. The lowest BCUT2D eigenvalue weighted by Gasteiger charge is -2.35. The zero-order valence-corrected chi connectivity index (χ0v) is 12.8. The van der Waals surface area contributed by atoms with E-state index >= 15 is 0 Å². The van der Waals surface area contributed by atoms with Crippen molar-refractivity contribution < 1.29 is 4.79 Å². The van der Waals surface area contributed by atoms with Gasteiger partial charge in [0.25, 0.3) is 0 Å². The van der Waals surface area contributed by atoms with Gasteiger partial charge in [-0.2, -0.15) is 11.8 Å². The molecule has 1 fully saturated rings. The number of rotatable bonds is 6. The van der Waals surface area contributed by atoms with Crippen molar-refractivity contribution in [3.63, 3.8) is 0 Å². The van der Waals surface area contributed by atoms with Gasteiger partial charge in [-0.3, -0.25) is 4.79 Å². The molecule has 1 aliphatic rings. The van der Waals surface area contributed by atoms with E-state index in [2.05, 4.69) is 21.9 Å². The van der Waals surface area contributed by atoms with Crippen LogP contribution in [0.25, 0.3) is 0 Å². The number of nitrogens with two attached hydrogens (primary N) is 1. The van der Waals surface area contributed by atoms with Crippen molar-refractivity contribution in [2.75, 3.05) is 12.8 Å². The Morgan fingerprint density at radius 3 is 2.85 bits per heavy atom. The van der Waals surface area contributed by atoms with E-state index in [9.17, 15) is 4.79 Å². The van der Waals surface area contributed by atoms with Crippen molar-refractivity contribution in [1.82, 2.24) is 20.3 Å². The first-order chi connectivity index (χ1) is 9.67. The molecule has 1 amide bonds. The van der Waals surface area contributed by atoms with Gasteiger partial charge in [0, 0.05) is 17.8 Å². The Hall–Kier alpha value is -1.08. The summed E-state index contributed by atoms with van der Waals surface area (Å²) in [5.74, 6) is -0.0162. The zero-order valence-electron chi connectivity index (χ0n) is 12.0. The largest absolute Gasteiger partial charge is 0.353 e. The number of thioether (sulfide) groups is 1. The van der Waals surface area contributed by atoms with Crippen molar-refractivity contribution in [3.8, 4) is 0 Å². The highest BCUT2D eigenvalue weighted by atomic mass is 32.2. The van der Waals surface area contributed by atoms with Crippen LogP contribution in [-0.2, 0) is 17.9 Å². The van der Waals surface area contributed by atoms with Crippen LogP contribution in [0, 0.1) is 0 Å². The maximum atomic E-state index is 12.0. The molecule has 0 aliphatic heterocycles. The maximum absolute atomic E-state index is 12.0. The van der Waals surface area contributed by atoms with Gasteiger partial charge in [0.1, 0.15) is 6.54 Å². The van der Waals surface area contributed by atoms with Crippen LogP contribution in [0.4, 0.5) is 0 Å². The Morgan fingerprint density at radius 1 is 1.50 bits per heavy atom. The number of nitrogens with zero attached hydrogens (tertiary/aromatic N) is 3. The van der Waals surface area contributed by atoms with Gasteiger partial charge in [-0.05, 0) is 19.1 Å². The number of carbonyl (C=O) groups is 1. The van der Waals surface area contributed by atoms with E-state index in [1.165, 1.54) is 36.8 Å². The molecule has 2 rings (SSSR count). The molecule has 112 valence electrons. The number of hydrogen-bond acceptors (Lipinski definition) is 5. The van der Waals surface area contributed by atoms with E-state index in [0.29, 0.717) is 12.2 Å². The molecule has 1 heterocycles. The molecule has 0 aromatic carbocycles. The van der Waals surface area contributed by atoms with Crippen molar-refractivity contribution in [1.29, 1.82) is 0 Å². The molecule has 0 atom stereocenters. The van der Waals surface area contributed by atoms with Crippen LogP contribution in [-0.4, -0.2) is 38.4 Å². The van der Waals surface area contributed by atoms with Gasteiger partial charge < -0.3 is 11.1 Å². The van der Waals surface area contributed by atoms with Crippen LogP contribution in [0.3, 0.4) is 0 Å². The highest BCUT2D eigenvalue weighted by Crippen LogP contribution is 2.37. The zero-order chi connectivity index (χ0) is 14.4. The molecular formula is C13H23N5OS. The van der Waals surface area contributed by atoms with Gasteiger partial charge in [-0.15, -0.1) is 5.10 Å². The van der Waals surface area contributed by atoms with Gasteiger partial charge in [-0.1, -0.05) is 24.5 Å². The minimum absolute atomic E-state index is 0.0162. The molecule has 1 aromatic rings. The number of aromatic nitrogens is 3. The fourth-order valence-electron chi connectivity index (χ4n) is 2.62. The summed E-state index contributed by atoms with van der Waals surface area (Å²) in [7, 11) is 0. The summed E-state index contributed by atoms with van der Waals surface area (Å²) in [6, 6.07) is 0. The second-order valence-corrected chi connectivity index (χ2v) is 6.61. The summed E-state index contributed by atoms with van der Waals surface area (Å²) < 4.78 is 1.75. The van der Waals surface area contributed by atoms with Gasteiger partial charge >= 0.3 is 0 Å². The summed E-state index contributed by atoms with van der Waals surface area (Å²) >= 11 is 1.88.